The van der Waals surface area contributed by atoms with Crippen LogP contribution in [0, 0.1) is 13.8 Å². The van der Waals surface area contributed by atoms with Gasteiger partial charge in [0.1, 0.15) is 11.6 Å². The number of fused-ring (bicyclic) bond motifs is 1. The Kier molecular flexibility index (Phi) is 5.05. The number of rotatable bonds is 4. The average molecular weight is 404 g/mol. The van der Waals surface area contributed by atoms with Crippen LogP contribution in [0.4, 0.5) is 0 Å². The van der Waals surface area contributed by atoms with Gasteiger partial charge in [0.15, 0.2) is 0 Å². The normalized spacial score (nSPS) is 21.4. The maximum atomic E-state index is 13.2. The SMILES string of the molecule is Cc1ccc(S(=O)(=O)N2CCn3c(nnc3C3CCN(C(C)C)C3)C2)c(C)c1. The largest absolute Gasteiger partial charge is 0.312 e. The quantitative estimate of drug-likeness (QED) is 0.783. The molecule has 1 unspecified atom stereocenters. The van der Waals surface area contributed by atoms with Crippen LogP contribution >= 0.6 is 0 Å². The summed E-state index contributed by atoms with van der Waals surface area (Å²) in [6, 6.07) is 6.01. The van der Waals surface area contributed by atoms with Crippen LogP contribution in [-0.4, -0.2) is 58.1 Å². The molecule has 1 aromatic carbocycles. The highest BCUT2D eigenvalue weighted by molar-refractivity contribution is 7.89. The van der Waals surface area contributed by atoms with Crippen LogP contribution < -0.4 is 0 Å². The van der Waals surface area contributed by atoms with Gasteiger partial charge in [-0.25, -0.2) is 8.42 Å². The van der Waals surface area contributed by atoms with E-state index in [0.717, 1.165) is 42.3 Å². The highest BCUT2D eigenvalue weighted by Gasteiger charge is 2.35. The summed E-state index contributed by atoms with van der Waals surface area (Å²) in [5.74, 6) is 2.14. The molecule has 3 heterocycles. The molecule has 1 atom stereocenters. The molecule has 0 amide bonds. The standard InChI is InChI=1S/C20H29N5O2S/c1-14(2)23-8-7-17(12-23)20-22-21-19-13-24(9-10-25(19)20)28(26,27)18-6-5-15(3)11-16(18)4/h5-6,11,14,17H,7-10,12-13H2,1-4H3. The Hall–Kier alpha value is -1.77. The molecular formula is C20H29N5O2S. The molecule has 1 saturated heterocycles. The van der Waals surface area contributed by atoms with E-state index in [0.29, 0.717) is 29.9 Å². The number of hydrogen-bond acceptors (Lipinski definition) is 5. The van der Waals surface area contributed by atoms with Gasteiger partial charge in [0.2, 0.25) is 10.0 Å². The second-order valence-corrected chi connectivity index (χ2v) is 10.2. The summed E-state index contributed by atoms with van der Waals surface area (Å²) < 4.78 is 30.0. The Labute approximate surface area is 167 Å². The van der Waals surface area contributed by atoms with E-state index in [1.54, 1.807) is 6.07 Å². The van der Waals surface area contributed by atoms with Crippen molar-refractivity contribution in [2.75, 3.05) is 19.6 Å². The van der Waals surface area contributed by atoms with E-state index >= 15 is 0 Å². The lowest BCUT2D eigenvalue weighted by Gasteiger charge is -2.28. The third kappa shape index (κ3) is 3.38. The molecule has 0 saturated carbocycles. The van der Waals surface area contributed by atoms with Crippen LogP contribution in [-0.2, 0) is 23.1 Å². The van der Waals surface area contributed by atoms with E-state index in [4.69, 9.17) is 0 Å². The molecule has 1 fully saturated rings. The molecule has 2 aromatic rings. The van der Waals surface area contributed by atoms with Crippen molar-refractivity contribution in [3.05, 3.63) is 41.0 Å². The van der Waals surface area contributed by atoms with Crippen molar-refractivity contribution in [2.45, 2.75) is 64.1 Å². The molecule has 0 N–H and O–H groups in total. The van der Waals surface area contributed by atoms with Crippen molar-refractivity contribution in [1.29, 1.82) is 0 Å². The monoisotopic (exact) mass is 403 g/mol. The number of likely N-dealkylation sites (tertiary alicyclic amines) is 1. The molecule has 1 aromatic heterocycles. The second kappa shape index (κ2) is 7.24. The molecule has 0 bridgehead atoms. The lowest BCUT2D eigenvalue weighted by atomic mass is 10.1. The maximum Gasteiger partial charge on any atom is 0.243 e. The smallest absolute Gasteiger partial charge is 0.243 e. The fraction of sp³-hybridized carbons (Fsp3) is 0.600. The zero-order chi connectivity index (χ0) is 20.1. The van der Waals surface area contributed by atoms with Gasteiger partial charge < -0.3 is 9.47 Å². The Morgan fingerprint density at radius 2 is 1.89 bits per heavy atom. The zero-order valence-electron chi connectivity index (χ0n) is 17.1. The Morgan fingerprint density at radius 3 is 2.57 bits per heavy atom. The van der Waals surface area contributed by atoms with Crippen LogP contribution in [0.3, 0.4) is 0 Å². The van der Waals surface area contributed by atoms with E-state index in [1.165, 1.54) is 4.31 Å². The minimum Gasteiger partial charge on any atom is -0.312 e. The second-order valence-electron chi connectivity index (χ2n) is 8.31. The Morgan fingerprint density at radius 1 is 1.11 bits per heavy atom. The first-order valence-electron chi connectivity index (χ1n) is 10.0. The minimum atomic E-state index is -3.54. The zero-order valence-corrected chi connectivity index (χ0v) is 17.9. The summed E-state index contributed by atoms with van der Waals surface area (Å²) >= 11 is 0. The van der Waals surface area contributed by atoms with E-state index in [-0.39, 0.29) is 6.54 Å². The minimum absolute atomic E-state index is 0.281. The van der Waals surface area contributed by atoms with Gasteiger partial charge in [0.25, 0.3) is 0 Å². The number of hydrogen-bond donors (Lipinski definition) is 0. The third-order valence-corrected chi connectivity index (χ3v) is 8.02. The molecule has 152 valence electrons. The van der Waals surface area contributed by atoms with Gasteiger partial charge in [-0.1, -0.05) is 17.7 Å². The summed E-state index contributed by atoms with van der Waals surface area (Å²) in [6.45, 7) is 11.7. The predicted octanol–water partition coefficient (Wildman–Crippen LogP) is 2.30. The molecule has 7 nitrogen and oxygen atoms in total. The van der Waals surface area contributed by atoms with Gasteiger partial charge in [0.05, 0.1) is 11.4 Å². The van der Waals surface area contributed by atoms with Crippen LogP contribution in [0.1, 0.15) is 49.0 Å². The van der Waals surface area contributed by atoms with Gasteiger partial charge >= 0.3 is 0 Å². The molecule has 4 rings (SSSR count). The number of aromatic nitrogens is 3. The molecule has 0 spiro atoms. The maximum absolute atomic E-state index is 13.2. The molecule has 2 aliphatic heterocycles. The summed E-state index contributed by atoms with van der Waals surface area (Å²) in [5.41, 5.74) is 1.85. The number of nitrogens with zero attached hydrogens (tertiary/aromatic N) is 5. The molecule has 0 radical (unpaired) electrons. The Balaban J connectivity index is 1.56. The van der Waals surface area contributed by atoms with E-state index < -0.39 is 10.0 Å². The van der Waals surface area contributed by atoms with Gasteiger partial charge in [-0.2, -0.15) is 4.31 Å². The van der Waals surface area contributed by atoms with Gasteiger partial charge in [-0.05, 0) is 52.3 Å². The van der Waals surface area contributed by atoms with Crippen molar-refractivity contribution in [3.63, 3.8) is 0 Å². The molecular weight excluding hydrogens is 374 g/mol. The molecule has 0 aliphatic carbocycles. The summed E-state index contributed by atoms with van der Waals surface area (Å²) in [7, 11) is -3.54. The number of aryl methyl sites for hydroxylation is 2. The van der Waals surface area contributed by atoms with Crippen molar-refractivity contribution in [1.82, 2.24) is 24.0 Å². The first kappa shape index (κ1) is 19.5. The number of sulfonamides is 1. The van der Waals surface area contributed by atoms with E-state index in [1.807, 2.05) is 26.0 Å². The highest BCUT2D eigenvalue weighted by Crippen LogP contribution is 2.30. The lowest BCUT2D eigenvalue weighted by Crippen LogP contribution is -2.39. The fourth-order valence-electron chi connectivity index (χ4n) is 4.36. The van der Waals surface area contributed by atoms with Gasteiger partial charge in [-0.3, -0.25) is 0 Å². The van der Waals surface area contributed by atoms with E-state index in [2.05, 4.69) is 33.5 Å². The third-order valence-electron chi connectivity index (χ3n) is 6.01. The van der Waals surface area contributed by atoms with Crippen LogP contribution in [0.2, 0.25) is 0 Å². The van der Waals surface area contributed by atoms with Crippen LogP contribution in [0.5, 0.6) is 0 Å². The van der Waals surface area contributed by atoms with E-state index in [9.17, 15) is 8.42 Å². The molecule has 28 heavy (non-hydrogen) atoms. The summed E-state index contributed by atoms with van der Waals surface area (Å²) in [6.07, 6.45) is 1.08. The molecule has 2 aliphatic rings. The van der Waals surface area contributed by atoms with Crippen molar-refractivity contribution in [3.8, 4) is 0 Å². The summed E-state index contributed by atoms with van der Waals surface area (Å²) in [4.78, 5) is 2.85. The number of benzene rings is 1. The first-order valence-corrected chi connectivity index (χ1v) is 11.4. The van der Waals surface area contributed by atoms with Crippen LogP contribution in [0.25, 0.3) is 0 Å². The summed E-state index contributed by atoms with van der Waals surface area (Å²) in [5, 5.41) is 8.81. The Bertz CT molecular complexity index is 982. The predicted molar refractivity (Wildman–Crippen MR) is 108 cm³/mol. The first-order chi connectivity index (χ1) is 13.3. The molecule has 8 heteroatoms. The van der Waals surface area contributed by atoms with Crippen LogP contribution in [0.15, 0.2) is 23.1 Å². The van der Waals surface area contributed by atoms with Crippen molar-refractivity contribution >= 4 is 10.0 Å². The lowest BCUT2D eigenvalue weighted by molar-refractivity contribution is 0.270. The highest BCUT2D eigenvalue weighted by atomic mass is 32.2. The fourth-order valence-corrected chi connectivity index (χ4v) is 5.95. The van der Waals surface area contributed by atoms with Gasteiger partial charge in [0, 0.05) is 31.6 Å². The van der Waals surface area contributed by atoms with Gasteiger partial charge in [-0.15, -0.1) is 10.2 Å². The topological polar surface area (TPSA) is 71.3 Å². The van der Waals surface area contributed by atoms with Crippen molar-refractivity contribution in [2.24, 2.45) is 0 Å². The van der Waals surface area contributed by atoms with Crippen molar-refractivity contribution < 1.29 is 8.42 Å². The average Bonchev–Trinajstić information content (AvgIpc) is 3.27.